The maximum Gasteiger partial charge on any atom is 0.166 e. The van der Waals surface area contributed by atoms with Gasteiger partial charge in [0.2, 0.25) is 0 Å². The Morgan fingerprint density at radius 3 is 1.69 bits per heavy atom. The van der Waals surface area contributed by atoms with Gasteiger partial charge in [-0.3, -0.25) is 0 Å². The molecule has 0 amide bonds. The van der Waals surface area contributed by atoms with Crippen molar-refractivity contribution >= 4 is 11.7 Å². The third-order valence-corrected chi connectivity index (χ3v) is 4.52. The molecule has 0 bridgehead atoms. The zero-order chi connectivity index (χ0) is 20.6. The van der Waals surface area contributed by atoms with Crippen LogP contribution in [0.4, 0.5) is 8.78 Å². The number of aryl methyl sites for hydroxylation is 1. The summed E-state index contributed by atoms with van der Waals surface area (Å²) in [4.78, 5) is 0. The fourth-order valence-electron chi connectivity index (χ4n) is 2.87. The molecule has 0 radical (unpaired) electrons. The molecule has 0 atom stereocenters. The van der Waals surface area contributed by atoms with Crippen LogP contribution in [0, 0.1) is 6.92 Å². The topological polar surface area (TPSA) is 18.5 Å². The number of hydrogen-bond acceptors (Lipinski definition) is 2. The van der Waals surface area contributed by atoms with Crippen molar-refractivity contribution in [3.63, 3.8) is 0 Å². The van der Waals surface area contributed by atoms with E-state index in [2.05, 4.69) is 0 Å². The van der Waals surface area contributed by atoms with E-state index in [1.807, 2.05) is 38.1 Å². The summed E-state index contributed by atoms with van der Waals surface area (Å²) in [6, 6.07) is 21.1. The number of ether oxygens (including phenoxy) is 2. The van der Waals surface area contributed by atoms with Gasteiger partial charge in [0.1, 0.15) is 12.4 Å². The fourth-order valence-corrected chi connectivity index (χ4v) is 2.87. The summed E-state index contributed by atoms with van der Waals surface area (Å²) >= 11 is 0. The van der Waals surface area contributed by atoms with Gasteiger partial charge in [-0.05, 0) is 49.2 Å². The van der Waals surface area contributed by atoms with E-state index in [1.54, 1.807) is 36.4 Å². The van der Waals surface area contributed by atoms with Crippen LogP contribution in [0.3, 0.4) is 0 Å². The highest BCUT2D eigenvalue weighted by molar-refractivity contribution is 5.83. The van der Waals surface area contributed by atoms with Crippen molar-refractivity contribution in [1.29, 1.82) is 0 Å². The highest BCUT2D eigenvalue weighted by Gasteiger charge is 2.12. The molecule has 0 saturated heterocycles. The largest absolute Gasteiger partial charge is 0.491 e. The van der Waals surface area contributed by atoms with Crippen molar-refractivity contribution in [1.82, 2.24) is 0 Å². The predicted molar refractivity (Wildman–Crippen MR) is 114 cm³/mol. The van der Waals surface area contributed by atoms with Crippen LogP contribution in [0.2, 0.25) is 0 Å². The highest BCUT2D eigenvalue weighted by atomic mass is 19.2. The summed E-state index contributed by atoms with van der Waals surface area (Å²) in [5.41, 5.74) is 3.53. The molecule has 0 N–H and O–H groups in total. The standard InChI is InChI=1S/C25H24F2O2/c1-3-28-16-17-29-23-14-12-22(13-15-23)25(27)24(26)21-10-8-20(9-11-21)19-6-4-18(2)5-7-19/h4-15H,3,16-17H2,1-2H3/b25-24+. The fraction of sp³-hybridized carbons (Fsp3) is 0.200. The van der Waals surface area contributed by atoms with Gasteiger partial charge >= 0.3 is 0 Å². The maximum atomic E-state index is 14.6. The first kappa shape index (κ1) is 20.7. The van der Waals surface area contributed by atoms with Crippen LogP contribution >= 0.6 is 0 Å². The molecule has 0 aliphatic heterocycles. The lowest BCUT2D eigenvalue weighted by Gasteiger charge is -2.08. The molecule has 0 aliphatic rings. The number of benzene rings is 3. The lowest BCUT2D eigenvalue weighted by atomic mass is 10.0. The van der Waals surface area contributed by atoms with Gasteiger partial charge in [0, 0.05) is 17.7 Å². The van der Waals surface area contributed by atoms with E-state index in [0.29, 0.717) is 25.6 Å². The van der Waals surface area contributed by atoms with Crippen molar-refractivity contribution in [2.45, 2.75) is 13.8 Å². The van der Waals surface area contributed by atoms with Crippen molar-refractivity contribution in [3.8, 4) is 16.9 Å². The van der Waals surface area contributed by atoms with Gasteiger partial charge in [0.25, 0.3) is 0 Å². The summed E-state index contributed by atoms with van der Waals surface area (Å²) in [5, 5.41) is 0. The molecule has 0 unspecified atom stereocenters. The quantitative estimate of drug-likeness (QED) is 0.307. The molecular formula is C25H24F2O2. The molecule has 150 valence electrons. The molecule has 0 heterocycles. The second-order valence-electron chi connectivity index (χ2n) is 6.64. The summed E-state index contributed by atoms with van der Waals surface area (Å²) in [7, 11) is 0. The van der Waals surface area contributed by atoms with Gasteiger partial charge in [-0.15, -0.1) is 0 Å². The van der Waals surface area contributed by atoms with Crippen LogP contribution in [0.1, 0.15) is 23.6 Å². The maximum absolute atomic E-state index is 14.6. The van der Waals surface area contributed by atoms with Crippen LogP contribution in [-0.2, 0) is 4.74 Å². The van der Waals surface area contributed by atoms with E-state index in [4.69, 9.17) is 9.47 Å². The minimum atomic E-state index is -0.894. The van der Waals surface area contributed by atoms with Gasteiger partial charge in [-0.1, -0.05) is 54.1 Å². The molecule has 0 fully saturated rings. The Bertz CT molecular complexity index is 944. The van der Waals surface area contributed by atoms with Gasteiger partial charge in [-0.2, -0.15) is 0 Å². The molecule has 0 spiro atoms. The predicted octanol–water partition coefficient (Wildman–Crippen LogP) is 6.84. The molecule has 4 heteroatoms. The Kier molecular flexibility index (Phi) is 7.14. The minimum Gasteiger partial charge on any atom is -0.491 e. The first-order valence-corrected chi connectivity index (χ1v) is 9.62. The van der Waals surface area contributed by atoms with Crippen LogP contribution in [0.15, 0.2) is 72.8 Å². The van der Waals surface area contributed by atoms with E-state index < -0.39 is 11.7 Å². The van der Waals surface area contributed by atoms with Crippen LogP contribution in [-0.4, -0.2) is 19.8 Å². The van der Waals surface area contributed by atoms with Crippen molar-refractivity contribution in [2.24, 2.45) is 0 Å². The molecule has 0 aliphatic carbocycles. The Morgan fingerprint density at radius 2 is 1.17 bits per heavy atom. The van der Waals surface area contributed by atoms with Gasteiger partial charge in [0.05, 0.1) is 6.61 Å². The smallest absolute Gasteiger partial charge is 0.166 e. The van der Waals surface area contributed by atoms with Crippen LogP contribution < -0.4 is 4.74 Å². The highest BCUT2D eigenvalue weighted by Crippen LogP contribution is 2.31. The molecule has 3 aromatic rings. The Balaban J connectivity index is 1.72. The van der Waals surface area contributed by atoms with Crippen LogP contribution in [0.5, 0.6) is 5.75 Å². The summed E-state index contributed by atoms with van der Waals surface area (Å²) < 4.78 is 39.9. The lowest BCUT2D eigenvalue weighted by Crippen LogP contribution is -2.06. The average molecular weight is 394 g/mol. The molecule has 3 aromatic carbocycles. The summed E-state index contributed by atoms with van der Waals surface area (Å²) in [6.45, 7) is 5.46. The van der Waals surface area contributed by atoms with E-state index in [9.17, 15) is 8.78 Å². The SMILES string of the molecule is CCOCCOc1ccc(/C(F)=C(\F)c2ccc(-c3ccc(C)cc3)cc2)cc1. The Hall–Kier alpha value is -2.98. The normalized spacial score (nSPS) is 11.9. The average Bonchev–Trinajstić information content (AvgIpc) is 2.77. The van der Waals surface area contributed by atoms with Crippen molar-refractivity contribution in [2.75, 3.05) is 19.8 Å². The van der Waals surface area contributed by atoms with E-state index in [1.165, 1.54) is 17.7 Å². The monoisotopic (exact) mass is 394 g/mol. The van der Waals surface area contributed by atoms with Gasteiger partial charge in [-0.25, -0.2) is 8.78 Å². The minimum absolute atomic E-state index is 0.169. The molecule has 3 rings (SSSR count). The van der Waals surface area contributed by atoms with E-state index >= 15 is 0 Å². The molecule has 0 aromatic heterocycles. The summed E-state index contributed by atoms with van der Waals surface area (Å²) in [5.74, 6) is -1.19. The summed E-state index contributed by atoms with van der Waals surface area (Å²) in [6.07, 6.45) is 0. The van der Waals surface area contributed by atoms with Crippen molar-refractivity contribution in [3.05, 3.63) is 89.5 Å². The van der Waals surface area contributed by atoms with Crippen LogP contribution in [0.25, 0.3) is 22.8 Å². The zero-order valence-electron chi connectivity index (χ0n) is 16.6. The molecule has 2 nitrogen and oxygen atoms in total. The lowest BCUT2D eigenvalue weighted by molar-refractivity contribution is 0.110. The van der Waals surface area contributed by atoms with Gasteiger partial charge in [0.15, 0.2) is 11.7 Å². The number of hydrogen-bond donors (Lipinski definition) is 0. The molecule has 0 saturated carbocycles. The van der Waals surface area contributed by atoms with Crippen molar-refractivity contribution < 1.29 is 18.3 Å². The molecule has 29 heavy (non-hydrogen) atoms. The Morgan fingerprint density at radius 1 is 0.690 bits per heavy atom. The van der Waals surface area contributed by atoms with E-state index in [0.717, 1.165) is 11.1 Å². The number of rotatable bonds is 8. The third kappa shape index (κ3) is 5.52. The zero-order valence-corrected chi connectivity index (χ0v) is 16.6. The van der Waals surface area contributed by atoms with Gasteiger partial charge < -0.3 is 9.47 Å². The first-order valence-electron chi connectivity index (χ1n) is 9.62. The Labute approximate surface area is 170 Å². The molecular weight excluding hydrogens is 370 g/mol. The second kappa shape index (κ2) is 9.99. The second-order valence-corrected chi connectivity index (χ2v) is 6.64. The number of halogens is 2. The van der Waals surface area contributed by atoms with E-state index in [-0.39, 0.29) is 11.1 Å². The first-order chi connectivity index (χ1) is 14.1. The third-order valence-electron chi connectivity index (χ3n) is 4.52.